The van der Waals surface area contributed by atoms with Crippen molar-refractivity contribution in [3.8, 4) is 22.3 Å². The molecule has 2 aromatic heterocycles. The molecule has 0 saturated heterocycles. The Balaban J connectivity index is 1.85. The van der Waals surface area contributed by atoms with Crippen LogP contribution in [0.1, 0.15) is 32.1 Å². The highest BCUT2D eigenvalue weighted by Crippen LogP contribution is 2.33. The molecule has 0 saturated carbocycles. The molecule has 0 radical (unpaired) electrons. The van der Waals surface area contributed by atoms with Crippen molar-refractivity contribution in [3.63, 3.8) is 0 Å². The first-order chi connectivity index (χ1) is 14.5. The standard InChI is InChI=1S/C24H23N3O2S/c1-3-7-20-26-23-21(24(29)27(20)15(2)22(25)28)19(14-30-23)18-12-10-17(11-13-18)16-8-5-4-6-9-16/h4-6,8-15H,3,7H2,1-2H3,(H2,25,28). The minimum atomic E-state index is -0.746. The molecular weight excluding hydrogens is 394 g/mol. The average molecular weight is 418 g/mol. The van der Waals surface area contributed by atoms with Crippen LogP contribution in [0, 0.1) is 0 Å². The number of aryl methyl sites for hydroxylation is 1. The van der Waals surface area contributed by atoms with Crippen molar-refractivity contribution in [1.29, 1.82) is 0 Å². The molecule has 5 nitrogen and oxygen atoms in total. The van der Waals surface area contributed by atoms with Gasteiger partial charge in [-0.25, -0.2) is 4.98 Å². The summed E-state index contributed by atoms with van der Waals surface area (Å²) in [6.07, 6.45) is 1.43. The quantitative estimate of drug-likeness (QED) is 0.490. The number of thiophene rings is 1. The van der Waals surface area contributed by atoms with Gasteiger partial charge in [0.05, 0.1) is 5.39 Å². The van der Waals surface area contributed by atoms with E-state index in [1.54, 1.807) is 6.92 Å². The Kier molecular flexibility index (Phi) is 5.50. The Morgan fingerprint density at radius 2 is 1.70 bits per heavy atom. The lowest BCUT2D eigenvalue weighted by molar-refractivity contribution is -0.120. The van der Waals surface area contributed by atoms with Crippen molar-refractivity contribution in [3.05, 3.63) is 76.2 Å². The Morgan fingerprint density at radius 1 is 1.07 bits per heavy atom. The summed E-state index contributed by atoms with van der Waals surface area (Å²) in [5, 5.41) is 2.51. The van der Waals surface area contributed by atoms with Crippen LogP contribution in [0.25, 0.3) is 32.5 Å². The maximum atomic E-state index is 13.4. The van der Waals surface area contributed by atoms with E-state index in [1.807, 2.05) is 42.6 Å². The van der Waals surface area contributed by atoms with Crippen molar-refractivity contribution < 1.29 is 4.79 Å². The van der Waals surface area contributed by atoms with Crippen LogP contribution in [0.4, 0.5) is 0 Å². The van der Waals surface area contributed by atoms with Crippen molar-refractivity contribution in [1.82, 2.24) is 9.55 Å². The predicted octanol–water partition coefficient (Wildman–Crippen LogP) is 4.79. The average Bonchev–Trinajstić information content (AvgIpc) is 3.19. The molecule has 2 aromatic carbocycles. The third-order valence-electron chi connectivity index (χ3n) is 5.29. The first-order valence-electron chi connectivity index (χ1n) is 9.99. The number of primary amides is 1. The van der Waals surface area contributed by atoms with E-state index in [1.165, 1.54) is 15.9 Å². The third kappa shape index (κ3) is 3.55. The summed E-state index contributed by atoms with van der Waals surface area (Å²) in [6.45, 7) is 3.67. The summed E-state index contributed by atoms with van der Waals surface area (Å²) in [7, 11) is 0. The number of fused-ring (bicyclic) bond motifs is 1. The monoisotopic (exact) mass is 417 g/mol. The summed E-state index contributed by atoms with van der Waals surface area (Å²) in [6, 6.07) is 17.5. The molecule has 0 spiro atoms. The van der Waals surface area contributed by atoms with Crippen molar-refractivity contribution in [2.24, 2.45) is 5.73 Å². The number of benzene rings is 2. The molecule has 4 aromatic rings. The van der Waals surface area contributed by atoms with E-state index in [9.17, 15) is 9.59 Å². The van der Waals surface area contributed by atoms with Gasteiger partial charge >= 0.3 is 0 Å². The van der Waals surface area contributed by atoms with Gasteiger partial charge in [0, 0.05) is 17.4 Å². The lowest BCUT2D eigenvalue weighted by Crippen LogP contribution is -2.35. The fourth-order valence-corrected chi connectivity index (χ4v) is 4.61. The van der Waals surface area contributed by atoms with Crippen LogP contribution in [0.5, 0.6) is 0 Å². The minimum absolute atomic E-state index is 0.210. The molecule has 1 atom stereocenters. The molecule has 152 valence electrons. The van der Waals surface area contributed by atoms with Crippen molar-refractivity contribution in [2.45, 2.75) is 32.7 Å². The molecule has 30 heavy (non-hydrogen) atoms. The lowest BCUT2D eigenvalue weighted by Gasteiger charge is -2.16. The van der Waals surface area contributed by atoms with E-state index < -0.39 is 11.9 Å². The molecule has 4 rings (SSSR count). The number of hydrogen-bond donors (Lipinski definition) is 1. The highest BCUT2D eigenvalue weighted by molar-refractivity contribution is 7.17. The molecule has 0 aliphatic rings. The third-order valence-corrected chi connectivity index (χ3v) is 6.16. The number of carbonyl (C=O) groups excluding carboxylic acids is 1. The van der Waals surface area contributed by atoms with Gasteiger partial charge in [-0.05, 0) is 30.0 Å². The lowest BCUT2D eigenvalue weighted by atomic mass is 10.0. The van der Waals surface area contributed by atoms with Crippen LogP contribution in [0.3, 0.4) is 0 Å². The Bertz CT molecular complexity index is 1260. The first-order valence-corrected chi connectivity index (χ1v) is 10.9. The summed E-state index contributed by atoms with van der Waals surface area (Å²) in [5.74, 6) is 0.0636. The highest BCUT2D eigenvalue weighted by atomic mass is 32.1. The van der Waals surface area contributed by atoms with Gasteiger partial charge in [0.2, 0.25) is 5.91 Å². The van der Waals surface area contributed by atoms with Gasteiger partial charge in [-0.1, -0.05) is 61.5 Å². The molecule has 0 fully saturated rings. The first kappa shape index (κ1) is 20.0. The highest BCUT2D eigenvalue weighted by Gasteiger charge is 2.22. The number of rotatable bonds is 6. The van der Waals surface area contributed by atoms with E-state index in [2.05, 4.69) is 24.3 Å². The van der Waals surface area contributed by atoms with Gasteiger partial charge in [0.25, 0.3) is 5.56 Å². The van der Waals surface area contributed by atoms with Crippen LogP contribution in [-0.2, 0) is 11.2 Å². The van der Waals surface area contributed by atoms with Gasteiger partial charge in [0.15, 0.2) is 0 Å². The number of amides is 1. The zero-order valence-corrected chi connectivity index (χ0v) is 17.8. The van der Waals surface area contributed by atoms with Crippen LogP contribution in [-0.4, -0.2) is 15.5 Å². The molecule has 2 N–H and O–H groups in total. The van der Waals surface area contributed by atoms with Crippen LogP contribution in [0.2, 0.25) is 0 Å². The van der Waals surface area contributed by atoms with Crippen molar-refractivity contribution in [2.75, 3.05) is 0 Å². The zero-order valence-electron chi connectivity index (χ0n) is 17.0. The van der Waals surface area contributed by atoms with Crippen LogP contribution >= 0.6 is 11.3 Å². The largest absolute Gasteiger partial charge is 0.368 e. The summed E-state index contributed by atoms with van der Waals surface area (Å²) < 4.78 is 1.46. The minimum Gasteiger partial charge on any atom is -0.368 e. The second-order valence-corrected chi connectivity index (χ2v) is 8.16. The molecular formula is C24H23N3O2S. The second kappa shape index (κ2) is 8.24. The van der Waals surface area contributed by atoms with E-state index >= 15 is 0 Å². The van der Waals surface area contributed by atoms with Gasteiger partial charge < -0.3 is 5.73 Å². The zero-order chi connectivity index (χ0) is 21.3. The van der Waals surface area contributed by atoms with Gasteiger partial charge in [-0.2, -0.15) is 0 Å². The fraction of sp³-hybridized carbons (Fsp3) is 0.208. The molecule has 0 bridgehead atoms. The number of aromatic nitrogens is 2. The Morgan fingerprint density at radius 3 is 2.33 bits per heavy atom. The predicted molar refractivity (Wildman–Crippen MR) is 123 cm³/mol. The summed E-state index contributed by atoms with van der Waals surface area (Å²) >= 11 is 1.45. The smallest absolute Gasteiger partial charge is 0.263 e. The number of nitrogens with zero attached hydrogens (tertiary/aromatic N) is 2. The molecule has 0 aliphatic carbocycles. The SMILES string of the molecule is CCCc1nc2scc(-c3ccc(-c4ccccc4)cc3)c2c(=O)n1C(C)C(N)=O. The summed E-state index contributed by atoms with van der Waals surface area (Å²) in [4.78, 5) is 30.7. The normalized spacial score (nSPS) is 12.2. The van der Waals surface area contributed by atoms with Gasteiger partial charge in [0.1, 0.15) is 16.7 Å². The topological polar surface area (TPSA) is 78.0 Å². The number of hydrogen-bond acceptors (Lipinski definition) is 4. The molecule has 6 heteroatoms. The van der Waals surface area contributed by atoms with E-state index in [-0.39, 0.29) is 5.56 Å². The molecule has 1 unspecified atom stereocenters. The Hall–Kier alpha value is -3.25. The van der Waals surface area contributed by atoms with Crippen molar-refractivity contribution >= 4 is 27.5 Å². The molecule has 0 aliphatic heterocycles. The van der Waals surface area contributed by atoms with Crippen LogP contribution < -0.4 is 11.3 Å². The fourth-order valence-electron chi connectivity index (χ4n) is 3.66. The summed E-state index contributed by atoms with van der Waals surface area (Å²) in [5.41, 5.74) is 9.34. The second-order valence-electron chi connectivity index (χ2n) is 7.30. The number of nitrogens with two attached hydrogens (primary N) is 1. The van der Waals surface area contributed by atoms with E-state index in [0.717, 1.165) is 28.7 Å². The van der Waals surface area contributed by atoms with E-state index in [4.69, 9.17) is 10.7 Å². The maximum Gasteiger partial charge on any atom is 0.263 e. The van der Waals surface area contributed by atoms with Crippen LogP contribution in [0.15, 0.2) is 64.8 Å². The van der Waals surface area contributed by atoms with Gasteiger partial charge in [-0.15, -0.1) is 11.3 Å². The molecule has 2 heterocycles. The molecule has 1 amide bonds. The number of carbonyl (C=O) groups is 1. The van der Waals surface area contributed by atoms with Gasteiger partial charge in [-0.3, -0.25) is 14.2 Å². The maximum absolute atomic E-state index is 13.4. The van der Waals surface area contributed by atoms with E-state index in [0.29, 0.717) is 22.5 Å². The Labute approximate surface area is 178 Å².